The molecular formula is C15H19NO4. The number of carbonyl (C=O) groups excluding carboxylic acids is 1. The largest absolute Gasteiger partial charge is 0.481 e. The average molecular weight is 277 g/mol. The van der Waals surface area contributed by atoms with Crippen molar-refractivity contribution in [3.8, 4) is 0 Å². The third kappa shape index (κ3) is 4.26. The smallest absolute Gasteiger partial charge is 0.407 e. The van der Waals surface area contributed by atoms with Crippen LogP contribution in [0.4, 0.5) is 4.79 Å². The number of carboxylic acids is 1. The zero-order valence-electron chi connectivity index (χ0n) is 11.2. The molecule has 0 saturated heterocycles. The molecule has 1 aromatic carbocycles. The Kier molecular flexibility index (Phi) is 4.98. The first kappa shape index (κ1) is 14.4. The van der Waals surface area contributed by atoms with E-state index in [1.807, 2.05) is 30.3 Å². The molecule has 0 unspecified atom stereocenters. The topological polar surface area (TPSA) is 75.6 Å². The fourth-order valence-corrected chi connectivity index (χ4v) is 2.48. The molecule has 1 aliphatic carbocycles. The molecule has 5 heteroatoms. The molecule has 2 N–H and O–H groups in total. The maximum absolute atomic E-state index is 11.7. The van der Waals surface area contributed by atoms with Gasteiger partial charge in [-0.2, -0.15) is 0 Å². The molecule has 5 nitrogen and oxygen atoms in total. The normalized spacial score (nSPS) is 22.0. The summed E-state index contributed by atoms with van der Waals surface area (Å²) in [4.78, 5) is 22.6. The van der Waals surface area contributed by atoms with Crippen molar-refractivity contribution in [3.05, 3.63) is 35.9 Å². The Morgan fingerprint density at radius 1 is 1.25 bits per heavy atom. The van der Waals surface area contributed by atoms with E-state index in [1.54, 1.807) is 0 Å². The number of alkyl carbamates (subject to hydrolysis) is 1. The molecule has 1 aliphatic rings. The molecule has 20 heavy (non-hydrogen) atoms. The number of carboxylic acid groups (broad SMARTS) is 1. The van der Waals surface area contributed by atoms with Crippen LogP contribution >= 0.6 is 0 Å². The van der Waals surface area contributed by atoms with Gasteiger partial charge in [-0.15, -0.1) is 0 Å². The van der Waals surface area contributed by atoms with Crippen LogP contribution in [-0.4, -0.2) is 23.2 Å². The number of nitrogens with one attached hydrogen (secondary N) is 1. The van der Waals surface area contributed by atoms with Gasteiger partial charge in [0.15, 0.2) is 0 Å². The molecule has 1 fully saturated rings. The molecular weight excluding hydrogens is 258 g/mol. The van der Waals surface area contributed by atoms with Crippen LogP contribution in [0.25, 0.3) is 0 Å². The van der Waals surface area contributed by atoms with E-state index in [4.69, 9.17) is 9.84 Å². The maximum Gasteiger partial charge on any atom is 0.407 e. The van der Waals surface area contributed by atoms with Crippen LogP contribution in [0.15, 0.2) is 30.3 Å². The van der Waals surface area contributed by atoms with Gasteiger partial charge < -0.3 is 15.2 Å². The van der Waals surface area contributed by atoms with E-state index in [-0.39, 0.29) is 18.6 Å². The average Bonchev–Trinajstić information content (AvgIpc) is 2.46. The van der Waals surface area contributed by atoms with Crippen molar-refractivity contribution >= 4 is 12.1 Å². The predicted molar refractivity (Wildman–Crippen MR) is 73.1 cm³/mol. The van der Waals surface area contributed by atoms with Crippen LogP contribution in [0.3, 0.4) is 0 Å². The first-order chi connectivity index (χ1) is 9.65. The third-order valence-electron chi connectivity index (χ3n) is 3.56. The van der Waals surface area contributed by atoms with Crippen molar-refractivity contribution in [1.29, 1.82) is 0 Å². The van der Waals surface area contributed by atoms with E-state index in [0.717, 1.165) is 18.4 Å². The summed E-state index contributed by atoms with van der Waals surface area (Å²) in [5.41, 5.74) is 0.926. The second kappa shape index (κ2) is 6.93. The van der Waals surface area contributed by atoms with E-state index >= 15 is 0 Å². The van der Waals surface area contributed by atoms with Gasteiger partial charge in [-0.3, -0.25) is 4.79 Å². The molecule has 1 aromatic rings. The number of hydrogen-bond donors (Lipinski definition) is 2. The highest BCUT2D eigenvalue weighted by Crippen LogP contribution is 2.24. The Bertz CT molecular complexity index is 460. The molecule has 2 rings (SSSR count). The van der Waals surface area contributed by atoms with Crippen LogP contribution in [0, 0.1) is 5.92 Å². The summed E-state index contributed by atoms with van der Waals surface area (Å²) >= 11 is 0. The van der Waals surface area contributed by atoms with E-state index in [9.17, 15) is 9.59 Å². The molecule has 1 amide bonds. The third-order valence-corrected chi connectivity index (χ3v) is 3.56. The fourth-order valence-electron chi connectivity index (χ4n) is 2.48. The van der Waals surface area contributed by atoms with Gasteiger partial charge in [0.05, 0.1) is 5.92 Å². The van der Waals surface area contributed by atoms with Gasteiger partial charge in [-0.05, 0) is 24.8 Å². The minimum Gasteiger partial charge on any atom is -0.481 e. The van der Waals surface area contributed by atoms with Crippen molar-refractivity contribution < 1.29 is 19.4 Å². The number of aliphatic carboxylic acids is 1. The van der Waals surface area contributed by atoms with Gasteiger partial charge in [-0.25, -0.2) is 4.79 Å². The van der Waals surface area contributed by atoms with Gasteiger partial charge in [-0.1, -0.05) is 36.8 Å². The number of rotatable bonds is 4. The van der Waals surface area contributed by atoms with Crippen molar-refractivity contribution in [2.75, 3.05) is 0 Å². The monoisotopic (exact) mass is 277 g/mol. The van der Waals surface area contributed by atoms with Crippen molar-refractivity contribution in [2.45, 2.75) is 38.3 Å². The zero-order chi connectivity index (χ0) is 14.4. The summed E-state index contributed by atoms with van der Waals surface area (Å²) in [6.45, 7) is 0.224. The minimum absolute atomic E-state index is 0.104. The molecule has 0 aromatic heterocycles. The number of hydrogen-bond acceptors (Lipinski definition) is 3. The summed E-state index contributed by atoms with van der Waals surface area (Å²) in [6, 6.07) is 9.33. The minimum atomic E-state index is -0.783. The molecule has 2 atom stereocenters. The number of ether oxygens (including phenoxy) is 1. The first-order valence-corrected chi connectivity index (χ1v) is 6.85. The molecule has 108 valence electrons. The Morgan fingerprint density at radius 3 is 2.70 bits per heavy atom. The van der Waals surface area contributed by atoms with E-state index in [2.05, 4.69) is 5.32 Å². The Balaban J connectivity index is 1.75. The summed E-state index contributed by atoms with van der Waals surface area (Å²) in [6.07, 6.45) is 2.32. The summed E-state index contributed by atoms with van der Waals surface area (Å²) < 4.78 is 5.13. The van der Waals surface area contributed by atoms with Gasteiger partial charge >= 0.3 is 12.1 Å². The van der Waals surface area contributed by atoms with E-state index in [0.29, 0.717) is 12.8 Å². The number of benzene rings is 1. The lowest BCUT2D eigenvalue weighted by Crippen LogP contribution is -2.40. The van der Waals surface area contributed by atoms with Crippen LogP contribution < -0.4 is 5.32 Å². The number of amides is 1. The molecule has 0 radical (unpaired) electrons. The quantitative estimate of drug-likeness (QED) is 0.886. The van der Waals surface area contributed by atoms with Crippen LogP contribution in [0.2, 0.25) is 0 Å². The van der Waals surface area contributed by atoms with Gasteiger partial charge in [0.1, 0.15) is 6.61 Å². The lowest BCUT2D eigenvalue weighted by Gasteiger charge is -2.26. The molecule has 1 saturated carbocycles. The summed E-state index contributed by atoms with van der Waals surface area (Å²) in [5, 5.41) is 11.7. The lowest BCUT2D eigenvalue weighted by molar-refractivity contribution is -0.143. The van der Waals surface area contributed by atoms with Crippen LogP contribution in [0.5, 0.6) is 0 Å². The van der Waals surface area contributed by atoms with Crippen LogP contribution in [0.1, 0.15) is 31.2 Å². The van der Waals surface area contributed by atoms with Crippen LogP contribution in [-0.2, 0) is 16.1 Å². The Morgan fingerprint density at radius 2 is 2.00 bits per heavy atom. The SMILES string of the molecule is O=C(N[C@H]1CCC[C@@H](C(=O)O)C1)OCc1ccccc1. The predicted octanol–water partition coefficient (Wildman–Crippen LogP) is 2.56. The highest BCUT2D eigenvalue weighted by atomic mass is 16.5. The van der Waals surface area contributed by atoms with Crippen molar-refractivity contribution in [2.24, 2.45) is 5.92 Å². The van der Waals surface area contributed by atoms with E-state index in [1.165, 1.54) is 0 Å². The highest BCUT2D eigenvalue weighted by Gasteiger charge is 2.28. The maximum atomic E-state index is 11.7. The lowest BCUT2D eigenvalue weighted by atomic mass is 9.86. The van der Waals surface area contributed by atoms with Crippen molar-refractivity contribution in [3.63, 3.8) is 0 Å². The van der Waals surface area contributed by atoms with Gasteiger partial charge in [0.2, 0.25) is 0 Å². The fraction of sp³-hybridized carbons (Fsp3) is 0.467. The van der Waals surface area contributed by atoms with Crippen molar-refractivity contribution in [1.82, 2.24) is 5.32 Å². The summed E-state index contributed by atoms with van der Waals surface area (Å²) in [7, 11) is 0. The first-order valence-electron chi connectivity index (χ1n) is 6.85. The second-order valence-corrected chi connectivity index (χ2v) is 5.10. The molecule has 0 spiro atoms. The highest BCUT2D eigenvalue weighted by molar-refractivity contribution is 5.71. The molecule has 0 aliphatic heterocycles. The molecule has 0 bridgehead atoms. The molecule has 0 heterocycles. The van der Waals surface area contributed by atoms with E-state index < -0.39 is 12.1 Å². The van der Waals surface area contributed by atoms with Gasteiger partial charge in [0, 0.05) is 6.04 Å². The number of carbonyl (C=O) groups is 2. The Labute approximate surface area is 117 Å². The Hall–Kier alpha value is -2.04. The zero-order valence-corrected chi connectivity index (χ0v) is 11.2. The summed E-state index contributed by atoms with van der Waals surface area (Å²) in [5.74, 6) is -1.14. The second-order valence-electron chi connectivity index (χ2n) is 5.10. The standard InChI is InChI=1S/C15H19NO4/c17-14(18)12-7-4-8-13(9-12)16-15(19)20-10-11-5-2-1-3-6-11/h1-3,5-6,12-13H,4,7-10H2,(H,16,19)(H,17,18)/t12-,13+/m1/s1. The van der Waals surface area contributed by atoms with Gasteiger partial charge in [0.25, 0.3) is 0 Å².